The molecule has 1 heterocycles. The van der Waals surface area contributed by atoms with E-state index in [9.17, 15) is 0 Å². The van der Waals surface area contributed by atoms with Crippen molar-refractivity contribution in [1.82, 2.24) is 4.90 Å². The maximum Gasteiger partial charge on any atom is 0.117 e. The van der Waals surface area contributed by atoms with Crippen LogP contribution in [0.1, 0.15) is 11.3 Å². The van der Waals surface area contributed by atoms with Gasteiger partial charge >= 0.3 is 0 Å². The summed E-state index contributed by atoms with van der Waals surface area (Å²) in [7, 11) is 2.05. The molecule has 4 heteroatoms. The topological polar surface area (TPSA) is 42.4 Å². The van der Waals surface area contributed by atoms with Gasteiger partial charge in [-0.05, 0) is 42.9 Å². The van der Waals surface area contributed by atoms with Crippen LogP contribution in [0.5, 0.6) is 0 Å². The van der Waals surface area contributed by atoms with Gasteiger partial charge in [0.1, 0.15) is 5.76 Å². The van der Waals surface area contributed by atoms with Gasteiger partial charge in [0.15, 0.2) is 0 Å². The van der Waals surface area contributed by atoms with Crippen LogP contribution in [0.2, 0.25) is 0 Å². The Bertz CT molecular complexity index is 482. The van der Waals surface area contributed by atoms with E-state index in [0.29, 0.717) is 0 Å². The minimum absolute atomic E-state index is 0.786. The lowest BCUT2D eigenvalue weighted by Gasteiger charge is -2.16. The van der Waals surface area contributed by atoms with Gasteiger partial charge < -0.3 is 10.2 Å². The Kier molecular flexibility index (Phi) is 3.86. The summed E-state index contributed by atoms with van der Waals surface area (Å²) in [5, 5.41) is 0. The minimum atomic E-state index is 0.786. The van der Waals surface area contributed by atoms with E-state index in [1.807, 2.05) is 30.3 Å². The van der Waals surface area contributed by atoms with Crippen molar-refractivity contribution in [2.45, 2.75) is 13.1 Å². The minimum Gasteiger partial charge on any atom is -0.468 e. The van der Waals surface area contributed by atoms with Gasteiger partial charge in [-0.1, -0.05) is 15.9 Å². The summed E-state index contributed by atoms with van der Waals surface area (Å²) in [5.41, 5.74) is 7.75. The molecule has 0 saturated carbocycles. The molecule has 3 nitrogen and oxygen atoms in total. The highest BCUT2D eigenvalue weighted by atomic mass is 79.9. The van der Waals surface area contributed by atoms with Crippen LogP contribution in [0.4, 0.5) is 5.69 Å². The number of rotatable bonds is 4. The van der Waals surface area contributed by atoms with Gasteiger partial charge in [-0.3, -0.25) is 4.90 Å². The fourth-order valence-corrected chi connectivity index (χ4v) is 2.10. The van der Waals surface area contributed by atoms with E-state index in [4.69, 9.17) is 10.2 Å². The van der Waals surface area contributed by atoms with Crippen molar-refractivity contribution in [2.24, 2.45) is 0 Å². The fraction of sp³-hybridized carbons (Fsp3) is 0.231. The van der Waals surface area contributed by atoms with Gasteiger partial charge in [0.2, 0.25) is 0 Å². The Morgan fingerprint density at radius 2 is 2.12 bits per heavy atom. The van der Waals surface area contributed by atoms with Gasteiger partial charge in [0, 0.05) is 16.7 Å². The van der Waals surface area contributed by atoms with Crippen LogP contribution in [-0.2, 0) is 13.1 Å². The normalized spacial score (nSPS) is 11.0. The van der Waals surface area contributed by atoms with Crippen molar-refractivity contribution in [3.05, 3.63) is 52.4 Å². The average molecular weight is 295 g/mol. The number of furan rings is 1. The third-order valence-corrected chi connectivity index (χ3v) is 3.29. The summed E-state index contributed by atoms with van der Waals surface area (Å²) < 4.78 is 6.40. The second kappa shape index (κ2) is 5.38. The molecular formula is C13H15BrN2O. The molecule has 0 unspecified atom stereocenters. The van der Waals surface area contributed by atoms with Crippen molar-refractivity contribution >= 4 is 21.6 Å². The summed E-state index contributed by atoms with van der Waals surface area (Å²) in [6, 6.07) is 9.73. The van der Waals surface area contributed by atoms with Crippen molar-refractivity contribution < 1.29 is 4.42 Å². The molecule has 0 aliphatic rings. The quantitative estimate of drug-likeness (QED) is 0.880. The Morgan fingerprint density at radius 1 is 1.29 bits per heavy atom. The Labute approximate surface area is 109 Å². The van der Waals surface area contributed by atoms with Gasteiger partial charge in [-0.15, -0.1) is 0 Å². The molecule has 0 aliphatic carbocycles. The number of halogens is 1. The predicted octanol–water partition coefficient (Wildman–Crippen LogP) is 3.26. The van der Waals surface area contributed by atoms with E-state index in [1.165, 1.54) is 5.56 Å². The highest BCUT2D eigenvalue weighted by molar-refractivity contribution is 9.10. The van der Waals surface area contributed by atoms with Crippen LogP contribution >= 0.6 is 15.9 Å². The highest BCUT2D eigenvalue weighted by Crippen LogP contribution is 2.21. The SMILES string of the molecule is CN(Cc1ccco1)Cc1cc(N)ccc1Br. The van der Waals surface area contributed by atoms with Crippen LogP contribution in [0.3, 0.4) is 0 Å². The number of hydrogen-bond acceptors (Lipinski definition) is 3. The van der Waals surface area contributed by atoms with Crippen LogP contribution < -0.4 is 5.73 Å². The molecule has 0 aliphatic heterocycles. The lowest BCUT2D eigenvalue weighted by molar-refractivity contribution is 0.287. The van der Waals surface area contributed by atoms with Crippen molar-refractivity contribution in [1.29, 1.82) is 0 Å². The number of hydrogen-bond donors (Lipinski definition) is 1. The smallest absolute Gasteiger partial charge is 0.117 e. The second-order valence-corrected chi connectivity index (χ2v) is 4.96. The van der Waals surface area contributed by atoms with Gasteiger partial charge in [-0.25, -0.2) is 0 Å². The highest BCUT2D eigenvalue weighted by Gasteiger charge is 2.06. The molecule has 0 atom stereocenters. The zero-order chi connectivity index (χ0) is 12.3. The first-order valence-corrected chi connectivity index (χ1v) is 6.19. The van der Waals surface area contributed by atoms with E-state index >= 15 is 0 Å². The van der Waals surface area contributed by atoms with Gasteiger partial charge in [0.05, 0.1) is 12.8 Å². The first-order chi connectivity index (χ1) is 8.15. The maximum absolute atomic E-state index is 5.78. The van der Waals surface area contributed by atoms with Crippen LogP contribution in [-0.4, -0.2) is 11.9 Å². The molecule has 0 amide bonds. The standard InChI is InChI=1S/C13H15BrN2O/c1-16(9-12-3-2-6-17-12)8-10-7-11(15)4-5-13(10)14/h2-7H,8-9,15H2,1H3. The summed E-state index contributed by atoms with van der Waals surface area (Å²) in [5.74, 6) is 0.965. The molecule has 17 heavy (non-hydrogen) atoms. The Morgan fingerprint density at radius 3 is 2.82 bits per heavy atom. The van der Waals surface area contributed by atoms with Crippen LogP contribution in [0, 0.1) is 0 Å². The Balaban J connectivity index is 2.02. The molecular weight excluding hydrogens is 280 g/mol. The van der Waals surface area contributed by atoms with Crippen molar-refractivity contribution in [3.63, 3.8) is 0 Å². The maximum atomic E-state index is 5.78. The summed E-state index contributed by atoms with van der Waals surface area (Å²) >= 11 is 3.53. The second-order valence-electron chi connectivity index (χ2n) is 4.10. The first-order valence-electron chi connectivity index (χ1n) is 5.40. The third-order valence-electron chi connectivity index (χ3n) is 2.52. The molecule has 0 fully saturated rings. The molecule has 90 valence electrons. The summed E-state index contributed by atoms with van der Waals surface area (Å²) in [4.78, 5) is 2.18. The number of anilines is 1. The zero-order valence-corrected chi connectivity index (χ0v) is 11.3. The average Bonchev–Trinajstić information content (AvgIpc) is 2.76. The van der Waals surface area contributed by atoms with Gasteiger partial charge in [0.25, 0.3) is 0 Å². The third kappa shape index (κ3) is 3.35. The molecule has 0 saturated heterocycles. The van der Waals surface area contributed by atoms with Crippen LogP contribution in [0.15, 0.2) is 45.5 Å². The lowest BCUT2D eigenvalue weighted by Crippen LogP contribution is -2.17. The number of benzene rings is 1. The molecule has 2 N–H and O–H groups in total. The predicted molar refractivity (Wildman–Crippen MR) is 72.4 cm³/mol. The largest absolute Gasteiger partial charge is 0.468 e. The molecule has 1 aromatic carbocycles. The fourth-order valence-electron chi connectivity index (χ4n) is 1.73. The molecule has 1 aromatic heterocycles. The molecule has 0 spiro atoms. The summed E-state index contributed by atoms with van der Waals surface area (Å²) in [6.07, 6.45) is 1.69. The first kappa shape index (κ1) is 12.2. The van der Waals surface area contributed by atoms with E-state index in [-0.39, 0.29) is 0 Å². The molecule has 2 rings (SSSR count). The van der Waals surface area contributed by atoms with Crippen molar-refractivity contribution in [3.8, 4) is 0 Å². The van der Waals surface area contributed by atoms with Crippen LogP contribution in [0.25, 0.3) is 0 Å². The summed E-state index contributed by atoms with van der Waals surface area (Å²) in [6.45, 7) is 1.61. The number of nitrogens with two attached hydrogens (primary N) is 1. The Hall–Kier alpha value is -1.26. The monoisotopic (exact) mass is 294 g/mol. The van der Waals surface area contributed by atoms with E-state index in [1.54, 1.807) is 6.26 Å². The van der Waals surface area contributed by atoms with E-state index < -0.39 is 0 Å². The number of nitrogen functional groups attached to an aromatic ring is 1. The zero-order valence-electron chi connectivity index (χ0n) is 9.69. The number of nitrogens with zero attached hydrogens (tertiary/aromatic N) is 1. The van der Waals surface area contributed by atoms with E-state index in [2.05, 4.69) is 27.9 Å². The molecule has 0 radical (unpaired) electrons. The lowest BCUT2D eigenvalue weighted by atomic mass is 10.2. The van der Waals surface area contributed by atoms with Gasteiger partial charge in [-0.2, -0.15) is 0 Å². The van der Waals surface area contributed by atoms with E-state index in [0.717, 1.165) is 29.0 Å². The van der Waals surface area contributed by atoms with Crippen molar-refractivity contribution in [2.75, 3.05) is 12.8 Å². The molecule has 0 bridgehead atoms. The molecule has 2 aromatic rings.